The van der Waals surface area contributed by atoms with Crippen LogP contribution in [0.2, 0.25) is 0 Å². The maximum atomic E-state index is 14.1. The van der Waals surface area contributed by atoms with Gasteiger partial charge in [-0.3, -0.25) is 24.1 Å². The summed E-state index contributed by atoms with van der Waals surface area (Å²) in [6, 6.07) is 17.2. The highest BCUT2D eigenvalue weighted by molar-refractivity contribution is 7.13. The third kappa shape index (κ3) is 12.8. The number of hydrogen-bond acceptors (Lipinski definition) is 12. The minimum absolute atomic E-state index is 0.00820. The summed E-state index contributed by atoms with van der Waals surface area (Å²) < 4.78 is 58.9. The maximum Gasteiger partial charge on any atom is 0.417 e. The third-order valence-corrected chi connectivity index (χ3v) is 15.2. The van der Waals surface area contributed by atoms with Crippen LogP contribution in [0.25, 0.3) is 10.4 Å². The molecule has 7 rings (SSSR count). The smallest absolute Gasteiger partial charge is 0.417 e. The molecular formula is C54H66F3N7O8S. The quantitative estimate of drug-likeness (QED) is 0.0776. The summed E-state index contributed by atoms with van der Waals surface area (Å²) in [7, 11) is 0. The van der Waals surface area contributed by atoms with Gasteiger partial charge in [0.1, 0.15) is 36.3 Å². The number of benzene rings is 3. The van der Waals surface area contributed by atoms with Gasteiger partial charge in [0, 0.05) is 55.0 Å². The summed E-state index contributed by atoms with van der Waals surface area (Å²) in [5.74, 6) is -0.885. The largest absolute Gasteiger partial charge is 0.491 e. The number of piperidine rings is 1. The second-order valence-corrected chi connectivity index (χ2v) is 22.4. The summed E-state index contributed by atoms with van der Waals surface area (Å²) in [6.45, 7) is 17.2. The van der Waals surface area contributed by atoms with Gasteiger partial charge in [-0.25, -0.2) is 4.98 Å². The molecule has 73 heavy (non-hydrogen) atoms. The van der Waals surface area contributed by atoms with Crippen molar-refractivity contribution in [3.05, 3.63) is 100 Å². The topological polar surface area (TPSA) is 195 Å². The molecule has 4 N–H and O–H groups in total. The first-order valence-corrected chi connectivity index (χ1v) is 25.5. The van der Waals surface area contributed by atoms with Crippen molar-refractivity contribution >= 4 is 35.0 Å². The van der Waals surface area contributed by atoms with Crippen molar-refractivity contribution in [2.75, 3.05) is 39.4 Å². The number of halogens is 3. The number of hydrogen-bond donors (Lipinski definition) is 4. The molecule has 0 radical (unpaired) electrons. The highest BCUT2D eigenvalue weighted by Crippen LogP contribution is 2.56. The molecule has 0 bridgehead atoms. The van der Waals surface area contributed by atoms with Crippen LogP contribution in [-0.2, 0) is 31.8 Å². The molecule has 19 heteroatoms. The lowest BCUT2D eigenvalue weighted by Crippen LogP contribution is -2.74. The number of nitriles is 1. The number of carbonyl (C=O) groups excluding carboxylic acids is 4. The average molecular weight is 1030 g/mol. The van der Waals surface area contributed by atoms with E-state index < -0.39 is 63.7 Å². The van der Waals surface area contributed by atoms with Crippen LogP contribution in [0.3, 0.4) is 0 Å². The molecule has 0 spiro atoms. The minimum atomic E-state index is -4.72. The molecule has 3 aromatic carbocycles. The number of rotatable bonds is 17. The number of amides is 4. The second kappa shape index (κ2) is 22.2. The Kier molecular flexibility index (Phi) is 16.6. The Bertz CT molecular complexity index is 2640. The fraction of sp³-hybridized carbons (Fsp3) is 0.519. The summed E-state index contributed by atoms with van der Waals surface area (Å²) in [5.41, 5.74) is 1.55. The number of aromatic nitrogens is 1. The van der Waals surface area contributed by atoms with Crippen LogP contribution in [0, 0.1) is 34.5 Å². The summed E-state index contributed by atoms with van der Waals surface area (Å²) in [5, 5.41) is 28.8. The predicted octanol–water partition coefficient (Wildman–Crippen LogP) is 7.29. The number of likely N-dealkylation sites (tertiary alicyclic amines) is 2. The van der Waals surface area contributed by atoms with E-state index in [1.807, 2.05) is 84.6 Å². The zero-order chi connectivity index (χ0) is 53.0. The van der Waals surface area contributed by atoms with Gasteiger partial charge in [-0.05, 0) is 78.8 Å². The molecule has 1 aromatic heterocycles. The van der Waals surface area contributed by atoms with Crippen molar-refractivity contribution in [3.63, 3.8) is 0 Å². The van der Waals surface area contributed by atoms with Gasteiger partial charge in [-0.15, -0.1) is 11.3 Å². The van der Waals surface area contributed by atoms with Crippen molar-refractivity contribution in [1.29, 1.82) is 5.26 Å². The van der Waals surface area contributed by atoms with E-state index in [0.29, 0.717) is 43.9 Å². The zero-order valence-electron chi connectivity index (χ0n) is 42.6. The molecule has 4 amide bonds. The van der Waals surface area contributed by atoms with E-state index in [1.54, 1.807) is 47.2 Å². The van der Waals surface area contributed by atoms with E-state index in [0.717, 1.165) is 33.8 Å². The number of aryl methyl sites for hydroxylation is 1. The molecule has 3 atom stereocenters. The van der Waals surface area contributed by atoms with E-state index in [2.05, 4.69) is 20.9 Å². The Balaban J connectivity index is 0.813. The highest BCUT2D eigenvalue weighted by Gasteiger charge is 2.64. The first kappa shape index (κ1) is 54.7. The van der Waals surface area contributed by atoms with Gasteiger partial charge in [0.05, 0.1) is 58.6 Å². The van der Waals surface area contributed by atoms with Gasteiger partial charge in [-0.1, -0.05) is 72.7 Å². The minimum Gasteiger partial charge on any atom is -0.491 e. The summed E-state index contributed by atoms with van der Waals surface area (Å²) in [4.78, 5) is 63.4. The van der Waals surface area contributed by atoms with E-state index in [1.165, 1.54) is 11.0 Å². The zero-order valence-corrected chi connectivity index (χ0v) is 43.4. The van der Waals surface area contributed by atoms with Gasteiger partial charge >= 0.3 is 6.18 Å². The number of nitrogens with one attached hydrogen (secondary N) is 3. The van der Waals surface area contributed by atoms with Crippen molar-refractivity contribution in [2.24, 2.45) is 16.2 Å². The Morgan fingerprint density at radius 2 is 1.60 bits per heavy atom. The number of aliphatic hydroxyl groups is 1. The number of thiazole rings is 1. The van der Waals surface area contributed by atoms with Crippen LogP contribution >= 0.6 is 11.3 Å². The van der Waals surface area contributed by atoms with Gasteiger partial charge in [-0.2, -0.15) is 18.4 Å². The monoisotopic (exact) mass is 1030 g/mol. The summed E-state index contributed by atoms with van der Waals surface area (Å²) >= 11 is 1.57. The van der Waals surface area contributed by atoms with Gasteiger partial charge in [0.25, 0.3) is 5.91 Å². The molecule has 2 aliphatic heterocycles. The summed E-state index contributed by atoms with van der Waals surface area (Å²) in [6.07, 6.45) is -4.71. The van der Waals surface area contributed by atoms with Crippen LogP contribution in [0.4, 0.5) is 13.2 Å². The predicted molar refractivity (Wildman–Crippen MR) is 268 cm³/mol. The SMILES string of the molecule is Cc1ncsc1-c1ccc(CNC(=O)[C@H]2C[C@@H](O)CN2C(=O)[C@@H](NC(=O)CN2CCC(OCCOc3ccc(C(=O)N[C@H]4C(C)(C)[C@H](Oc5ccc(C#N)c(C(F)(F)F)c5)C4(C)C)cc3)CC2)C(C)(C)C)cc1. The first-order valence-electron chi connectivity index (χ1n) is 24.6. The van der Waals surface area contributed by atoms with E-state index >= 15 is 0 Å². The molecule has 392 valence electrons. The number of carbonyl (C=O) groups is 4. The van der Waals surface area contributed by atoms with Crippen molar-refractivity contribution in [3.8, 4) is 28.0 Å². The standard InChI is InChI=1S/C54H66F3N7O8S/c1-32-44(73-31-60-32)34-11-9-33(10-12-34)28-59-47(68)42-25-37(65)29-64(42)48(69)45(51(2,3)4)61-43(66)30-63-21-19-39(20-22-63)71-24-23-70-38-16-13-35(14-17-38)46(67)62-49-52(5,6)50(53(49,7)8)72-40-18-15-36(27-58)41(26-40)54(55,56)57/h9-18,26,31,37,39,42,45,49-50,65H,19-25,28-30H2,1-8H3,(H,59,68)(H,61,66)(H,62,67)/t37-,42-,45-,49-,50-/m1/s1. The number of aliphatic hydroxyl groups excluding tert-OH is 1. The molecule has 4 aromatic rings. The van der Waals surface area contributed by atoms with Crippen LogP contribution in [-0.4, -0.2) is 119 Å². The van der Waals surface area contributed by atoms with Crippen LogP contribution < -0.4 is 25.4 Å². The molecule has 2 saturated heterocycles. The Labute approximate surface area is 428 Å². The number of β-amino-alcohol motifs (C(OH)–C–C–N with tert-alkyl or cyclic N) is 1. The highest BCUT2D eigenvalue weighted by atomic mass is 32.1. The molecule has 3 fully saturated rings. The molecule has 15 nitrogen and oxygen atoms in total. The normalized spacial score (nSPS) is 21.3. The lowest BCUT2D eigenvalue weighted by atomic mass is 9.49. The third-order valence-electron chi connectivity index (χ3n) is 14.2. The van der Waals surface area contributed by atoms with Crippen molar-refractivity contribution in [2.45, 2.75) is 124 Å². The van der Waals surface area contributed by atoms with Gasteiger partial charge < -0.3 is 40.2 Å². The van der Waals surface area contributed by atoms with Crippen LogP contribution in [0.5, 0.6) is 11.5 Å². The molecular weight excluding hydrogens is 964 g/mol. The number of nitrogens with zero attached hydrogens (tertiary/aromatic N) is 4. The van der Waals surface area contributed by atoms with Gasteiger partial charge in [0.2, 0.25) is 17.7 Å². The Morgan fingerprint density at radius 1 is 0.945 bits per heavy atom. The van der Waals surface area contributed by atoms with Crippen LogP contribution in [0.1, 0.15) is 100 Å². The van der Waals surface area contributed by atoms with E-state index in [4.69, 9.17) is 19.5 Å². The molecule has 0 unspecified atom stereocenters. The van der Waals surface area contributed by atoms with E-state index in [-0.39, 0.29) is 68.3 Å². The number of ether oxygens (including phenoxy) is 3. The number of alkyl halides is 3. The molecule has 3 aliphatic rings. The average Bonchev–Trinajstić information content (AvgIpc) is 3.96. The Morgan fingerprint density at radius 3 is 2.21 bits per heavy atom. The van der Waals surface area contributed by atoms with Crippen molar-refractivity contribution < 1.29 is 51.7 Å². The fourth-order valence-electron chi connectivity index (χ4n) is 10.6. The first-order chi connectivity index (χ1) is 34.4. The molecule has 1 saturated carbocycles. The lowest BCUT2D eigenvalue weighted by Gasteiger charge is -2.63. The second-order valence-electron chi connectivity index (χ2n) is 21.5. The van der Waals surface area contributed by atoms with Crippen molar-refractivity contribution in [1.82, 2.24) is 30.7 Å². The van der Waals surface area contributed by atoms with E-state index in [9.17, 15) is 37.5 Å². The fourth-order valence-corrected chi connectivity index (χ4v) is 11.4. The lowest BCUT2D eigenvalue weighted by molar-refractivity contribution is -0.164. The van der Waals surface area contributed by atoms with Crippen LogP contribution in [0.15, 0.2) is 72.2 Å². The maximum absolute atomic E-state index is 14.1. The van der Waals surface area contributed by atoms with Gasteiger partial charge in [0.15, 0.2) is 0 Å². The molecule has 3 heterocycles. The molecule has 1 aliphatic carbocycles. The Hall–Kier alpha value is -6.07.